The Bertz CT molecular complexity index is 610. The van der Waals surface area contributed by atoms with E-state index in [9.17, 15) is 0 Å². The Hall–Kier alpha value is -1.60. The Kier molecular flexibility index (Phi) is 4.97. The molecule has 1 aromatic heterocycles. The normalized spacial score (nSPS) is 10.3. The molecular weight excluding hydrogens is 346 g/mol. The molecule has 0 unspecified atom stereocenters. The summed E-state index contributed by atoms with van der Waals surface area (Å²) < 4.78 is 6.07. The van der Waals surface area contributed by atoms with Gasteiger partial charge in [-0.25, -0.2) is 0 Å². The van der Waals surface area contributed by atoms with E-state index in [1.165, 1.54) is 0 Å². The van der Waals surface area contributed by atoms with Gasteiger partial charge in [0, 0.05) is 0 Å². The Morgan fingerprint density at radius 2 is 2.15 bits per heavy atom. The van der Waals surface area contributed by atoms with Gasteiger partial charge in [0.2, 0.25) is 11.9 Å². The summed E-state index contributed by atoms with van der Waals surface area (Å²) in [5.74, 6) is 0.387. The topological polar surface area (TPSA) is 86.0 Å². The van der Waals surface area contributed by atoms with Crippen LogP contribution in [0.1, 0.15) is 13.3 Å². The van der Waals surface area contributed by atoms with Gasteiger partial charge in [-0.15, -0.1) is 0 Å². The molecule has 20 heavy (non-hydrogen) atoms. The molecule has 6 nitrogen and oxygen atoms in total. The largest absolute Gasteiger partial charge is 0.463 e. The predicted octanol–water partition coefficient (Wildman–Crippen LogP) is 3.40. The van der Waals surface area contributed by atoms with Gasteiger partial charge in [-0.05, 0) is 34.5 Å². The number of benzene rings is 1. The molecule has 0 radical (unpaired) electrons. The zero-order valence-corrected chi connectivity index (χ0v) is 13.1. The zero-order chi connectivity index (χ0) is 14.5. The van der Waals surface area contributed by atoms with Crippen molar-refractivity contribution in [2.75, 3.05) is 17.7 Å². The number of anilines is 3. The molecule has 0 spiro atoms. The van der Waals surface area contributed by atoms with Crippen molar-refractivity contribution in [1.82, 2.24) is 15.0 Å². The summed E-state index contributed by atoms with van der Waals surface area (Å²) in [5.41, 5.74) is 6.36. The summed E-state index contributed by atoms with van der Waals surface area (Å²) in [6.45, 7) is 2.51. The van der Waals surface area contributed by atoms with Gasteiger partial charge in [-0.2, -0.15) is 15.0 Å². The van der Waals surface area contributed by atoms with Gasteiger partial charge in [0.25, 0.3) is 0 Å². The molecule has 106 valence electrons. The third-order valence-electron chi connectivity index (χ3n) is 2.27. The maximum Gasteiger partial charge on any atom is 0.323 e. The van der Waals surface area contributed by atoms with E-state index < -0.39 is 0 Å². The molecule has 1 heterocycles. The van der Waals surface area contributed by atoms with E-state index in [1.54, 1.807) is 6.07 Å². The molecule has 0 bridgehead atoms. The fourth-order valence-electron chi connectivity index (χ4n) is 1.41. The molecule has 3 N–H and O–H groups in total. The first-order chi connectivity index (χ1) is 9.60. The monoisotopic (exact) mass is 357 g/mol. The maximum atomic E-state index is 6.02. The minimum atomic E-state index is 0.0896. The first kappa shape index (κ1) is 14.8. The lowest BCUT2D eigenvalue weighted by atomic mass is 10.3. The number of hydrogen-bond donors (Lipinski definition) is 2. The van der Waals surface area contributed by atoms with Crippen molar-refractivity contribution in [3.63, 3.8) is 0 Å². The molecule has 1 aromatic carbocycles. The molecular formula is C12H13BrClN5O. The highest BCUT2D eigenvalue weighted by atomic mass is 79.9. The fourth-order valence-corrected chi connectivity index (χ4v) is 1.94. The summed E-state index contributed by atoms with van der Waals surface area (Å²) in [6.07, 6.45) is 0.855. The van der Waals surface area contributed by atoms with Crippen LogP contribution in [0, 0.1) is 0 Å². The van der Waals surface area contributed by atoms with E-state index in [2.05, 4.69) is 36.2 Å². The van der Waals surface area contributed by atoms with Gasteiger partial charge >= 0.3 is 6.01 Å². The molecule has 0 aliphatic rings. The van der Waals surface area contributed by atoms with Gasteiger partial charge < -0.3 is 15.8 Å². The molecule has 0 saturated heterocycles. The van der Waals surface area contributed by atoms with Crippen LogP contribution in [-0.2, 0) is 0 Å². The van der Waals surface area contributed by atoms with Crippen molar-refractivity contribution in [2.24, 2.45) is 0 Å². The third-order valence-corrected chi connectivity index (χ3v) is 3.66. The highest BCUT2D eigenvalue weighted by Crippen LogP contribution is 2.31. The maximum absolute atomic E-state index is 6.02. The van der Waals surface area contributed by atoms with Crippen LogP contribution in [0.15, 0.2) is 22.7 Å². The number of halogens is 2. The Morgan fingerprint density at radius 3 is 2.90 bits per heavy atom. The molecule has 0 aliphatic heterocycles. The number of nitrogens with two attached hydrogens (primary N) is 1. The molecule has 0 aliphatic carbocycles. The molecule has 0 atom stereocenters. The average molecular weight is 359 g/mol. The van der Waals surface area contributed by atoms with E-state index in [-0.39, 0.29) is 12.0 Å². The number of aromatic nitrogens is 3. The molecule has 8 heteroatoms. The molecule has 0 fully saturated rings. The minimum absolute atomic E-state index is 0.0896. The summed E-state index contributed by atoms with van der Waals surface area (Å²) >= 11 is 9.41. The van der Waals surface area contributed by atoms with Crippen LogP contribution in [0.5, 0.6) is 6.01 Å². The van der Waals surface area contributed by atoms with Crippen LogP contribution >= 0.6 is 27.5 Å². The highest BCUT2D eigenvalue weighted by Gasteiger charge is 2.09. The number of ether oxygens (including phenoxy) is 1. The van der Waals surface area contributed by atoms with Crippen molar-refractivity contribution >= 4 is 45.1 Å². The lowest BCUT2D eigenvalue weighted by Gasteiger charge is -2.09. The van der Waals surface area contributed by atoms with Crippen molar-refractivity contribution < 1.29 is 4.74 Å². The van der Waals surface area contributed by atoms with Crippen LogP contribution in [0.25, 0.3) is 0 Å². The summed E-state index contributed by atoms with van der Waals surface area (Å²) in [4.78, 5) is 12.1. The van der Waals surface area contributed by atoms with Crippen molar-refractivity contribution in [3.05, 3.63) is 27.7 Å². The molecule has 2 aromatic rings. The van der Waals surface area contributed by atoms with Gasteiger partial charge in [0.05, 0.1) is 21.8 Å². The lowest BCUT2D eigenvalue weighted by Crippen LogP contribution is -2.07. The first-order valence-electron chi connectivity index (χ1n) is 5.95. The van der Waals surface area contributed by atoms with E-state index in [0.29, 0.717) is 17.6 Å². The number of nitrogens with one attached hydrogen (secondary N) is 1. The zero-order valence-electron chi connectivity index (χ0n) is 10.7. The summed E-state index contributed by atoms with van der Waals surface area (Å²) in [7, 11) is 0. The Balaban J connectivity index is 2.24. The highest BCUT2D eigenvalue weighted by molar-refractivity contribution is 9.10. The fraction of sp³-hybridized carbons (Fsp3) is 0.250. The van der Waals surface area contributed by atoms with Crippen LogP contribution in [-0.4, -0.2) is 21.6 Å². The van der Waals surface area contributed by atoms with Gasteiger partial charge in [-0.1, -0.05) is 24.6 Å². The van der Waals surface area contributed by atoms with E-state index >= 15 is 0 Å². The van der Waals surface area contributed by atoms with Gasteiger partial charge in [0.1, 0.15) is 0 Å². The Labute approximate surface area is 129 Å². The van der Waals surface area contributed by atoms with Crippen LogP contribution in [0.3, 0.4) is 0 Å². The number of rotatable bonds is 5. The first-order valence-corrected chi connectivity index (χ1v) is 7.12. The second-order valence-corrected chi connectivity index (χ2v) is 5.07. The van der Waals surface area contributed by atoms with Gasteiger partial charge in [0.15, 0.2) is 0 Å². The smallest absolute Gasteiger partial charge is 0.323 e. The van der Waals surface area contributed by atoms with Crippen LogP contribution in [0.2, 0.25) is 5.02 Å². The standard InChI is InChI=1S/C12H13BrClN5O/c1-2-6-20-12-18-10(15)17-11(19-12)16-8-5-3-4-7(14)9(8)13/h3-5H,2,6H2,1H3,(H3,15,16,17,18,19). The van der Waals surface area contributed by atoms with Gasteiger partial charge in [-0.3, -0.25) is 0 Å². The third kappa shape index (κ3) is 3.71. The number of nitrogen functional groups attached to an aromatic ring is 1. The number of nitrogens with zero attached hydrogens (tertiary/aromatic N) is 3. The minimum Gasteiger partial charge on any atom is -0.463 e. The lowest BCUT2D eigenvalue weighted by molar-refractivity contribution is 0.292. The molecule has 0 saturated carbocycles. The van der Waals surface area contributed by atoms with Crippen molar-refractivity contribution in [2.45, 2.75) is 13.3 Å². The van der Waals surface area contributed by atoms with Crippen LogP contribution < -0.4 is 15.8 Å². The van der Waals surface area contributed by atoms with Crippen molar-refractivity contribution in [3.8, 4) is 6.01 Å². The average Bonchev–Trinajstić information content (AvgIpc) is 2.41. The summed E-state index contributed by atoms with van der Waals surface area (Å²) in [6, 6.07) is 5.62. The quantitative estimate of drug-likeness (QED) is 0.852. The molecule has 2 rings (SSSR count). The van der Waals surface area contributed by atoms with E-state index in [1.807, 2.05) is 19.1 Å². The predicted molar refractivity (Wildman–Crippen MR) is 82.5 cm³/mol. The molecule has 0 amide bonds. The second-order valence-electron chi connectivity index (χ2n) is 3.87. The second kappa shape index (κ2) is 6.71. The van der Waals surface area contributed by atoms with E-state index in [0.717, 1.165) is 16.6 Å². The van der Waals surface area contributed by atoms with Crippen molar-refractivity contribution in [1.29, 1.82) is 0 Å². The summed E-state index contributed by atoms with van der Waals surface area (Å²) in [5, 5.41) is 3.60. The SMILES string of the molecule is CCCOc1nc(N)nc(Nc2cccc(Cl)c2Br)n1. The van der Waals surface area contributed by atoms with Crippen LogP contribution in [0.4, 0.5) is 17.6 Å². The Morgan fingerprint density at radius 1 is 1.35 bits per heavy atom. The number of hydrogen-bond acceptors (Lipinski definition) is 6. The van der Waals surface area contributed by atoms with E-state index in [4.69, 9.17) is 22.1 Å².